The van der Waals surface area contributed by atoms with Crippen molar-refractivity contribution in [1.29, 1.82) is 5.26 Å². The van der Waals surface area contributed by atoms with E-state index in [0.717, 1.165) is 17.0 Å². The molecule has 0 bridgehead atoms. The number of halogens is 3. The minimum atomic E-state index is -4.75. The van der Waals surface area contributed by atoms with Crippen molar-refractivity contribution >= 4 is 34.6 Å². The smallest absolute Gasteiger partial charge is 0.417 e. The van der Waals surface area contributed by atoms with Crippen LogP contribution in [0.25, 0.3) is 0 Å². The third-order valence-corrected chi connectivity index (χ3v) is 5.33. The molecule has 0 aromatic heterocycles. The van der Waals surface area contributed by atoms with Gasteiger partial charge in [-0.15, -0.1) is 0 Å². The molecule has 6 nitrogen and oxygen atoms in total. The number of hydrogen-bond donors (Lipinski definition) is 0. The molecule has 0 saturated carbocycles. The number of carbonyl (C=O) groups is 1. The van der Waals surface area contributed by atoms with Gasteiger partial charge in [0.2, 0.25) is 6.79 Å². The van der Waals surface area contributed by atoms with Gasteiger partial charge in [0.15, 0.2) is 16.6 Å². The van der Waals surface area contributed by atoms with Crippen LogP contribution in [0, 0.1) is 11.3 Å². The molecule has 0 aliphatic carbocycles. The molecule has 2 aromatic rings. The van der Waals surface area contributed by atoms with E-state index in [4.69, 9.17) is 27.0 Å². The van der Waals surface area contributed by atoms with Gasteiger partial charge < -0.3 is 14.4 Å². The Morgan fingerprint density at radius 2 is 1.77 bits per heavy atom. The normalized spacial score (nSPS) is 17.5. The van der Waals surface area contributed by atoms with Crippen molar-refractivity contribution in [2.45, 2.75) is 25.6 Å². The minimum absolute atomic E-state index is 0.0155. The highest BCUT2D eigenvalue weighted by Gasteiger charge is 2.51. The zero-order chi connectivity index (χ0) is 21.8. The number of rotatable bonds is 2. The summed E-state index contributed by atoms with van der Waals surface area (Å²) in [6, 6.07) is 9.62. The van der Waals surface area contributed by atoms with Gasteiger partial charge in [-0.3, -0.25) is 9.69 Å². The Kier molecular flexibility index (Phi) is 4.39. The van der Waals surface area contributed by atoms with Crippen LogP contribution in [0.4, 0.5) is 24.5 Å². The highest BCUT2D eigenvalue weighted by atomic mass is 32.1. The first kappa shape index (κ1) is 20.0. The quantitative estimate of drug-likeness (QED) is 0.661. The highest BCUT2D eigenvalue weighted by molar-refractivity contribution is 7.81. The number of benzene rings is 2. The summed E-state index contributed by atoms with van der Waals surface area (Å²) < 4.78 is 50.8. The van der Waals surface area contributed by atoms with E-state index in [2.05, 4.69) is 0 Å². The van der Waals surface area contributed by atoms with E-state index in [0.29, 0.717) is 17.2 Å². The van der Waals surface area contributed by atoms with Gasteiger partial charge >= 0.3 is 6.18 Å². The van der Waals surface area contributed by atoms with E-state index < -0.39 is 28.7 Å². The van der Waals surface area contributed by atoms with E-state index in [1.54, 1.807) is 36.9 Å². The van der Waals surface area contributed by atoms with Crippen LogP contribution in [0.2, 0.25) is 0 Å². The lowest BCUT2D eigenvalue weighted by molar-refractivity contribution is -0.137. The van der Waals surface area contributed by atoms with Gasteiger partial charge in [0.25, 0.3) is 5.91 Å². The number of anilines is 2. The zero-order valence-corrected chi connectivity index (χ0v) is 16.6. The number of amides is 1. The van der Waals surface area contributed by atoms with Crippen molar-refractivity contribution in [3.8, 4) is 17.6 Å². The molecule has 0 spiro atoms. The molecule has 0 unspecified atom stereocenters. The monoisotopic (exact) mass is 433 g/mol. The summed E-state index contributed by atoms with van der Waals surface area (Å²) in [4.78, 5) is 15.8. The average molecular weight is 433 g/mol. The Bertz CT molecular complexity index is 1120. The molecule has 0 radical (unpaired) electrons. The lowest BCUT2D eigenvalue weighted by Gasteiger charge is -2.29. The molecule has 1 amide bonds. The first-order chi connectivity index (χ1) is 14.1. The lowest BCUT2D eigenvalue weighted by atomic mass is 10.0. The number of fused-ring (bicyclic) bond motifs is 1. The van der Waals surface area contributed by atoms with Crippen LogP contribution in [-0.4, -0.2) is 23.4 Å². The maximum Gasteiger partial charge on any atom is 0.417 e. The largest absolute Gasteiger partial charge is 0.454 e. The van der Waals surface area contributed by atoms with Crippen LogP contribution in [-0.2, 0) is 11.0 Å². The minimum Gasteiger partial charge on any atom is -0.454 e. The molecule has 2 heterocycles. The highest BCUT2D eigenvalue weighted by Crippen LogP contribution is 2.42. The number of thiocarbonyl (C=S) groups is 1. The molecule has 4 rings (SSSR count). The van der Waals surface area contributed by atoms with Gasteiger partial charge in [-0.25, -0.2) is 0 Å². The summed E-state index contributed by atoms with van der Waals surface area (Å²) in [7, 11) is 0. The van der Waals surface area contributed by atoms with E-state index in [-0.39, 0.29) is 17.6 Å². The Balaban J connectivity index is 1.79. The van der Waals surface area contributed by atoms with Crippen molar-refractivity contribution in [2.75, 3.05) is 16.6 Å². The van der Waals surface area contributed by atoms with Gasteiger partial charge in [-0.1, -0.05) is 0 Å². The number of nitrogens with zero attached hydrogens (tertiary/aromatic N) is 3. The van der Waals surface area contributed by atoms with E-state index >= 15 is 0 Å². The molecule has 10 heteroatoms. The Morgan fingerprint density at radius 1 is 1.10 bits per heavy atom. The number of carbonyl (C=O) groups excluding carboxylic acids is 1. The second-order valence-electron chi connectivity index (χ2n) is 7.19. The van der Waals surface area contributed by atoms with Crippen LogP contribution in [0.1, 0.15) is 25.0 Å². The van der Waals surface area contributed by atoms with Crippen molar-refractivity contribution in [2.24, 2.45) is 0 Å². The molecule has 0 atom stereocenters. The van der Waals surface area contributed by atoms with Gasteiger partial charge in [0.1, 0.15) is 5.54 Å². The lowest BCUT2D eigenvalue weighted by Crippen LogP contribution is -2.44. The fourth-order valence-corrected chi connectivity index (χ4v) is 4.01. The number of hydrogen-bond acceptors (Lipinski definition) is 5. The molecule has 2 aromatic carbocycles. The fraction of sp³-hybridized carbons (Fsp3) is 0.250. The molecule has 0 N–H and O–H groups in total. The van der Waals surface area contributed by atoms with Gasteiger partial charge in [-0.2, -0.15) is 18.4 Å². The third kappa shape index (κ3) is 2.93. The Labute approximate surface area is 175 Å². The Hall–Kier alpha value is -3.32. The summed E-state index contributed by atoms with van der Waals surface area (Å²) in [5.41, 5.74) is -2.35. The van der Waals surface area contributed by atoms with E-state index in [1.807, 2.05) is 0 Å². The number of alkyl halides is 3. The van der Waals surface area contributed by atoms with E-state index in [1.165, 1.54) is 12.1 Å². The maximum absolute atomic E-state index is 13.4. The van der Waals surface area contributed by atoms with Crippen molar-refractivity contribution < 1.29 is 27.4 Å². The van der Waals surface area contributed by atoms with Crippen molar-refractivity contribution in [3.63, 3.8) is 0 Å². The SMILES string of the molecule is CC1(C)C(=O)N(c2ccc(C#N)c(C(F)(F)F)c2)C(=S)N1c1ccc2c(c1)OCO2. The van der Waals surface area contributed by atoms with Crippen LogP contribution >= 0.6 is 12.2 Å². The van der Waals surface area contributed by atoms with Gasteiger partial charge in [0, 0.05) is 11.8 Å². The fourth-order valence-electron chi connectivity index (χ4n) is 3.48. The maximum atomic E-state index is 13.4. The molecule has 30 heavy (non-hydrogen) atoms. The van der Waals surface area contributed by atoms with Crippen LogP contribution in [0.3, 0.4) is 0 Å². The average Bonchev–Trinajstić information content (AvgIpc) is 3.21. The second kappa shape index (κ2) is 6.60. The molecular formula is C20H14F3N3O3S. The van der Waals surface area contributed by atoms with Crippen molar-refractivity contribution in [3.05, 3.63) is 47.5 Å². The first-order valence-electron chi connectivity index (χ1n) is 8.75. The van der Waals surface area contributed by atoms with E-state index in [9.17, 15) is 18.0 Å². The molecule has 1 saturated heterocycles. The molecule has 2 aliphatic rings. The van der Waals surface area contributed by atoms with Crippen LogP contribution < -0.4 is 19.3 Å². The van der Waals surface area contributed by atoms with Crippen LogP contribution in [0.15, 0.2) is 36.4 Å². The summed E-state index contributed by atoms with van der Waals surface area (Å²) in [6.45, 7) is 3.32. The molecular weight excluding hydrogens is 419 g/mol. The topological polar surface area (TPSA) is 65.8 Å². The second-order valence-corrected chi connectivity index (χ2v) is 7.56. The molecule has 154 valence electrons. The predicted molar refractivity (Wildman–Crippen MR) is 105 cm³/mol. The van der Waals surface area contributed by atoms with Gasteiger partial charge in [-0.05, 0) is 56.4 Å². The summed E-state index contributed by atoms with van der Waals surface area (Å²) >= 11 is 5.49. The zero-order valence-electron chi connectivity index (χ0n) is 15.8. The van der Waals surface area contributed by atoms with Crippen molar-refractivity contribution in [1.82, 2.24) is 0 Å². The molecule has 1 fully saturated rings. The summed E-state index contributed by atoms with van der Waals surface area (Å²) in [5, 5.41) is 9.02. The number of nitriles is 1. The first-order valence-corrected chi connectivity index (χ1v) is 9.16. The summed E-state index contributed by atoms with van der Waals surface area (Å²) in [6.07, 6.45) is -4.75. The van der Waals surface area contributed by atoms with Gasteiger partial charge in [0.05, 0.1) is 22.9 Å². The molecule has 2 aliphatic heterocycles. The predicted octanol–water partition coefficient (Wildman–Crippen LogP) is 4.22. The van der Waals surface area contributed by atoms with Crippen LogP contribution in [0.5, 0.6) is 11.5 Å². The standard InChI is InChI=1S/C20H14F3N3O3S/c1-19(2)17(27)25(12-4-3-11(9-24)14(7-12)20(21,22)23)18(30)26(19)13-5-6-15-16(8-13)29-10-28-15/h3-8H,10H2,1-2H3. The summed E-state index contributed by atoms with van der Waals surface area (Å²) in [5.74, 6) is 0.532. The Morgan fingerprint density at radius 3 is 2.43 bits per heavy atom. The number of ether oxygens (including phenoxy) is 2. The third-order valence-electron chi connectivity index (χ3n) is 4.97.